The molecule has 2 heterocycles. The Hall–Kier alpha value is -1.36. The van der Waals surface area contributed by atoms with Crippen molar-refractivity contribution in [1.82, 2.24) is 14.5 Å². The molecule has 1 atom stereocenters. The van der Waals surface area contributed by atoms with Crippen LogP contribution >= 0.6 is 0 Å². The van der Waals surface area contributed by atoms with E-state index in [-0.39, 0.29) is 5.91 Å². The van der Waals surface area contributed by atoms with Gasteiger partial charge >= 0.3 is 0 Å². The van der Waals surface area contributed by atoms with Crippen molar-refractivity contribution in [2.75, 3.05) is 13.1 Å². The Kier molecular flexibility index (Phi) is 4.96. The van der Waals surface area contributed by atoms with Crippen LogP contribution in [0.2, 0.25) is 0 Å². The molecule has 5 nitrogen and oxygen atoms in total. The lowest BCUT2D eigenvalue weighted by Crippen LogP contribution is -2.43. The molecular weight excluding hydrogens is 240 g/mol. The number of rotatable bonds is 5. The summed E-state index contributed by atoms with van der Waals surface area (Å²) in [6.45, 7) is 4.31. The van der Waals surface area contributed by atoms with Crippen LogP contribution in [0.25, 0.3) is 0 Å². The molecule has 19 heavy (non-hydrogen) atoms. The number of carbonyl (C=O) groups is 1. The average Bonchev–Trinajstić information content (AvgIpc) is 2.88. The highest BCUT2D eigenvalue weighted by Gasteiger charge is 2.27. The molecule has 1 amide bonds. The van der Waals surface area contributed by atoms with Crippen molar-refractivity contribution >= 4 is 5.91 Å². The number of carbonyl (C=O) groups excluding carboxylic acids is 1. The quantitative estimate of drug-likeness (QED) is 0.879. The van der Waals surface area contributed by atoms with Gasteiger partial charge in [0.2, 0.25) is 0 Å². The molecule has 1 unspecified atom stereocenters. The van der Waals surface area contributed by atoms with E-state index in [1.165, 1.54) is 6.42 Å². The van der Waals surface area contributed by atoms with Crippen molar-refractivity contribution in [2.24, 2.45) is 5.73 Å². The molecule has 1 aliphatic heterocycles. The number of likely N-dealkylation sites (tertiary alicyclic amines) is 1. The second kappa shape index (κ2) is 6.70. The van der Waals surface area contributed by atoms with E-state index in [9.17, 15) is 4.79 Å². The summed E-state index contributed by atoms with van der Waals surface area (Å²) in [5.74, 6) is 0.0777. The highest BCUT2D eigenvalue weighted by Crippen LogP contribution is 2.22. The molecular formula is C14H24N4O. The van der Waals surface area contributed by atoms with Crippen molar-refractivity contribution in [3.05, 3.63) is 18.2 Å². The van der Waals surface area contributed by atoms with Gasteiger partial charge in [-0.2, -0.15) is 0 Å². The summed E-state index contributed by atoms with van der Waals surface area (Å²) in [5.41, 5.74) is 6.06. The fourth-order valence-electron chi connectivity index (χ4n) is 2.79. The van der Waals surface area contributed by atoms with Crippen molar-refractivity contribution in [2.45, 2.75) is 51.6 Å². The van der Waals surface area contributed by atoms with Gasteiger partial charge in [0.15, 0.2) is 0 Å². The van der Waals surface area contributed by atoms with Gasteiger partial charge in [-0.3, -0.25) is 4.79 Å². The SMILES string of the molecule is CCCC1CCCCN1C(=O)c1cn(CCN)cn1. The van der Waals surface area contributed by atoms with Gasteiger partial charge in [0.05, 0.1) is 6.33 Å². The van der Waals surface area contributed by atoms with Gasteiger partial charge in [0.25, 0.3) is 5.91 Å². The minimum atomic E-state index is 0.0777. The third-order valence-corrected chi connectivity index (χ3v) is 3.75. The average molecular weight is 264 g/mol. The molecule has 1 aromatic rings. The first kappa shape index (κ1) is 14.1. The summed E-state index contributed by atoms with van der Waals surface area (Å²) < 4.78 is 1.88. The monoisotopic (exact) mass is 264 g/mol. The number of hydrogen-bond acceptors (Lipinski definition) is 3. The molecule has 0 saturated carbocycles. The van der Waals surface area contributed by atoms with Gasteiger partial charge in [-0.05, 0) is 25.7 Å². The van der Waals surface area contributed by atoms with Crippen LogP contribution in [0.1, 0.15) is 49.5 Å². The second-order valence-electron chi connectivity index (χ2n) is 5.22. The molecule has 2 rings (SSSR count). The summed E-state index contributed by atoms with van der Waals surface area (Å²) in [5, 5.41) is 0. The van der Waals surface area contributed by atoms with E-state index in [1.54, 1.807) is 6.33 Å². The molecule has 0 aromatic carbocycles. The Morgan fingerprint density at radius 2 is 2.37 bits per heavy atom. The fraction of sp³-hybridized carbons (Fsp3) is 0.714. The predicted molar refractivity (Wildman–Crippen MR) is 74.9 cm³/mol. The number of piperidine rings is 1. The van der Waals surface area contributed by atoms with Crippen LogP contribution in [-0.2, 0) is 6.54 Å². The highest BCUT2D eigenvalue weighted by atomic mass is 16.2. The standard InChI is InChI=1S/C14H24N4O/c1-2-5-12-6-3-4-8-18(12)14(19)13-10-17(9-7-15)11-16-13/h10-12H,2-9,15H2,1H3. The second-order valence-corrected chi connectivity index (χ2v) is 5.22. The summed E-state index contributed by atoms with van der Waals surface area (Å²) >= 11 is 0. The van der Waals surface area contributed by atoms with Gasteiger partial charge < -0.3 is 15.2 Å². The van der Waals surface area contributed by atoms with Gasteiger partial charge in [-0.15, -0.1) is 0 Å². The van der Waals surface area contributed by atoms with E-state index in [1.807, 2.05) is 15.7 Å². The first-order valence-corrected chi connectivity index (χ1v) is 7.29. The van der Waals surface area contributed by atoms with Crippen LogP contribution in [-0.4, -0.2) is 39.5 Å². The first-order chi connectivity index (χ1) is 9.26. The van der Waals surface area contributed by atoms with Gasteiger partial charge in [0, 0.05) is 31.9 Å². The highest BCUT2D eigenvalue weighted by molar-refractivity contribution is 5.92. The topological polar surface area (TPSA) is 64.2 Å². The first-order valence-electron chi connectivity index (χ1n) is 7.29. The molecule has 1 saturated heterocycles. The number of aromatic nitrogens is 2. The zero-order valence-electron chi connectivity index (χ0n) is 11.7. The summed E-state index contributed by atoms with van der Waals surface area (Å²) in [6.07, 6.45) is 9.19. The zero-order valence-corrected chi connectivity index (χ0v) is 11.7. The minimum absolute atomic E-state index is 0.0777. The maximum Gasteiger partial charge on any atom is 0.274 e. The fourth-order valence-corrected chi connectivity index (χ4v) is 2.79. The smallest absolute Gasteiger partial charge is 0.274 e. The van der Waals surface area contributed by atoms with Crippen LogP contribution in [0.3, 0.4) is 0 Å². The lowest BCUT2D eigenvalue weighted by Gasteiger charge is -2.35. The van der Waals surface area contributed by atoms with E-state index in [0.717, 1.165) is 32.2 Å². The van der Waals surface area contributed by atoms with Gasteiger partial charge in [-0.25, -0.2) is 4.98 Å². The minimum Gasteiger partial charge on any atom is -0.335 e. The maximum atomic E-state index is 12.5. The van der Waals surface area contributed by atoms with E-state index >= 15 is 0 Å². The third-order valence-electron chi connectivity index (χ3n) is 3.75. The van der Waals surface area contributed by atoms with Crippen molar-refractivity contribution < 1.29 is 4.79 Å². The number of nitrogens with two attached hydrogens (primary N) is 1. The third kappa shape index (κ3) is 3.35. The molecule has 1 aromatic heterocycles. The van der Waals surface area contributed by atoms with Gasteiger partial charge in [0.1, 0.15) is 5.69 Å². The molecule has 1 aliphatic rings. The van der Waals surface area contributed by atoms with E-state index < -0.39 is 0 Å². The normalized spacial score (nSPS) is 19.7. The van der Waals surface area contributed by atoms with E-state index in [0.29, 0.717) is 24.8 Å². The Labute approximate surface area is 114 Å². The molecule has 2 N–H and O–H groups in total. The molecule has 0 aliphatic carbocycles. The van der Waals surface area contributed by atoms with E-state index in [4.69, 9.17) is 5.73 Å². The Balaban J connectivity index is 2.07. The number of imidazole rings is 1. The van der Waals surface area contributed by atoms with Crippen molar-refractivity contribution in [3.8, 4) is 0 Å². The molecule has 106 valence electrons. The van der Waals surface area contributed by atoms with Crippen LogP contribution in [0.5, 0.6) is 0 Å². The van der Waals surface area contributed by atoms with E-state index in [2.05, 4.69) is 11.9 Å². The van der Waals surface area contributed by atoms with Crippen LogP contribution in [0.15, 0.2) is 12.5 Å². The number of nitrogens with zero attached hydrogens (tertiary/aromatic N) is 3. The Morgan fingerprint density at radius 3 is 3.11 bits per heavy atom. The summed E-state index contributed by atoms with van der Waals surface area (Å²) in [6, 6.07) is 0.394. The Bertz CT molecular complexity index is 413. The largest absolute Gasteiger partial charge is 0.335 e. The summed E-state index contributed by atoms with van der Waals surface area (Å²) in [7, 11) is 0. The summed E-state index contributed by atoms with van der Waals surface area (Å²) in [4.78, 5) is 18.8. The lowest BCUT2D eigenvalue weighted by molar-refractivity contribution is 0.0595. The number of amides is 1. The van der Waals surface area contributed by atoms with Gasteiger partial charge in [-0.1, -0.05) is 13.3 Å². The molecule has 0 bridgehead atoms. The predicted octanol–water partition coefficient (Wildman–Crippen LogP) is 1.64. The maximum absolute atomic E-state index is 12.5. The zero-order chi connectivity index (χ0) is 13.7. The molecule has 0 radical (unpaired) electrons. The van der Waals surface area contributed by atoms with Crippen molar-refractivity contribution in [1.29, 1.82) is 0 Å². The molecule has 1 fully saturated rings. The number of hydrogen-bond donors (Lipinski definition) is 1. The lowest BCUT2D eigenvalue weighted by atomic mass is 9.98. The van der Waals surface area contributed by atoms with Crippen LogP contribution < -0.4 is 5.73 Å². The van der Waals surface area contributed by atoms with Crippen molar-refractivity contribution in [3.63, 3.8) is 0 Å². The Morgan fingerprint density at radius 1 is 1.53 bits per heavy atom. The van der Waals surface area contributed by atoms with Crippen LogP contribution in [0.4, 0.5) is 0 Å². The molecule has 0 spiro atoms. The van der Waals surface area contributed by atoms with Crippen LogP contribution in [0, 0.1) is 0 Å². The molecule has 5 heteroatoms.